The Morgan fingerprint density at radius 2 is 1.64 bits per heavy atom. The molecule has 1 aliphatic rings. The number of carbonyl (C=O) groups excluding carboxylic acids is 2. The van der Waals surface area contributed by atoms with Gasteiger partial charge < -0.3 is 23.7 Å². The summed E-state index contributed by atoms with van der Waals surface area (Å²) in [6.07, 6.45) is -0.0247. The van der Waals surface area contributed by atoms with Gasteiger partial charge in [-0.05, 0) is 58.9 Å². The molecule has 1 saturated heterocycles. The second-order valence-electron chi connectivity index (χ2n) is 7.85. The fourth-order valence-electron chi connectivity index (χ4n) is 2.94. The molecule has 7 nitrogen and oxygen atoms in total. The zero-order chi connectivity index (χ0) is 21.1. The second-order valence-corrected chi connectivity index (χ2v) is 7.85. The molecule has 0 unspecified atom stereocenters. The van der Waals surface area contributed by atoms with Gasteiger partial charge in [0.05, 0.1) is 37.3 Å². The molecular formula is C20H30BNO6. The number of carbonyl (C=O) groups is 2. The van der Waals surface area contributed by atoms with E-state index in [1.807, 2.05) is 27.7 Å². The van der Waals surface area contributed by atoms with Gasteiger partial charge in [-0.3, -0.25) is 9.59 Å². The molecule has 0 spiro atoms. The minimum Gasteiger partial charge on any atom is -0.497 e. The van der Waals surface area contributed by atoms with Crippen LogP contribution in [0.25, 0.3) is 0 Å². The average Bonchev–Trinajstić information content (AvgIpc) is 2.86. The Morgan fingerprint density at radius 1 is 1.11 bits per heavy atom. The number of rotatable bonds is 7. The summed E-state index contributed by atoms with van der Waals surface area (Å²) in [7, 11) is 2.46. The maximum atomic E-state index is 13.0. The third-order valence-corrected chi connectivity index (χ3v) is 5.42. The van der Waals surface area contributed by atoms with Crippen LogP contribution < -0.4 is 4.74 Å². The molecular weight excluding hydrogens is 361 g/mol. The summed E-state index contributed by atoms with van der Waals surface area (Å²) in [5, 5.41) is 0. The molecule has 28 heavy (non-hydrogen) atoms. The van der Waals surface area contributed by atoms with E-state index in [2.05, 4.69) is 0 Å². The van der Waals surface area contributed by atoms with Crippen LogP contribution in [0.4, 0.5) is 0 Å². The van der Waals surface area contributed by atoms with Crippen LogP contribution in [0.3, 0.4) is 0 Å². The fraction of sp³-hybridized carbons (Fsp3) is 0.600. The van der Waals surface area contributed by atoms with E-state index in [1.54, 1.807) is 45.3 Å². The fourth-order valence-corrected chi connectivity index (χ4v) is 2.94. The van der Waals surface area contributed by atoms with E-state index in [-0.39, 0.29) is 18.9 Å². The monoisotopic (exact) mass is 391 g/mol. The zero-order valence-corrected chi connectivity index (χ0v) is 17.8. The van der Waals surface area contributed by atoms with Gasteiger partial charge in [0.1, 0.15) is 5.75 Å². The predicted molar refractivity (Wildman–Crippen MR) is 106 cm³/mol. The molecule has 0 radical (unpaired) electrons. The van der Waals surface area contributed by atoms with Gasteiger partial charge in [-0.15, -0.1) is 0 Å². The molecule has 0 saturated carbocycles. The maximum absolute atomic E-state index is 13.0. The van der Waals surface area contributed by atoms with Gasteiger partial charge in [0.25, 0.3) is 5.91 Å². The van der Waals surface area contributed by atoms with Crippen LogP contribution in [-0.2, 0) is 18.8 Å². The van der Waals surface area contributed by atoms with E-state index in [0.29, 0.717) is 11.3 Å². The molecule has 1 atom stereocenters. The highest BCUT2D eigenvalue weighted by molar-refractivity contribution is 6.48. The first-order valence-electron chi connectivity index (χ1n) is 9.45. The molecule has 0 aliphatic carbocycles. The quantitative estimate of drug-likeness (QED) is 0.526. The van der Waals surface area contributed by atoms with Crippen molar-refractivity contribution in [2.24, 2.45) is 0 Å². The lowest BCUT2D eigenvalue weighted by Gasteiger charge is -2.32. The predicted octanol–water partition coefficient (Wildman–Crippen LogP) is 2.72. The van der Waals surface area contributed by atoms with Crippen LogP contribution in [0.2, 0.25) is 0 Å². The van der Waals surface area contributed by atoms with Gasteiger partial charge in [0.2, 0.25) is 0 Å². The molecule has 2 rings (SSSR count). The summed E-state index contributed by atoms with van der Waals surface area (Å²) in [5.41, 5.74) is -0.669. The van der Waals surface area contributed by atoms with Crippen LogP contribution in [0.15, 0.2) is 24.3 Å². The molecule has 1 aliphatic heterocycles. The minimum atomic E-state index is -0.749. The number of hydrogen-bond acceptors (Lipinski definition) is 6. The van der Waals surface area contributed by atoms with Gasteiger partial charge in [0, 0.05) is 12.6 Å². The smallest absolute Gasteiger partial charge is 0.482 e. The highest BCUT2D eigenvalue weighted by Gasteiger charge is 2.55. The van der Waals surface area contributed by atoms with Crippen LogP contribution in [-0.4, -0.2) is 61.8 Å². The number of ether oxygens (including phenoxy) is 2. The Hall–Kier alpha value is -2.06. The standard InChI is InChI=1S/C20H30BNO6/c1-8-26-17(23)13-16(21-27-19(2,3)20(4,5)28-21)22(6)18(24)14-9-11-15(25-7)12-10-14/h9-12,16H,8,13H2,1-7H3/t16-/m0/s1. The van der Waals surface area contributed by atoms with E-state index in [1.165, 1.54) is 4.90 Å². The summed E-state index contributed by atoms with van der Waals surface area (Å²) < 4.78 is 22.4. The first-order valence-corrected chi connectivity index (χ1v) is 9.45. The summed E-state index contributed by atoms with van der Waals surface area (Å²) in [4.78, 5) is 26.7. The third-order valence-electron chi connectivity index (χ3n) is 5.42. The Morgan fingerprint density at radius 3 is 2.11 bits per heavy atom. The Balaban J connectivity index is 2.27. The van der Waals surface area contributed by atoms with E-state index in [0.717, 1.165) is 0 Å². The Kier molecular flexibility index (Phi) is 6.78. The lowest BCUT2D eigenvalue weighted by atomic mass is 9.75. The summed E-state index contributed by atoms with van der Waals surface area (Å²) in [6.45, 7) is 9.73. The van der Waals surface area contributed by atoms with E-state index in [4.69, 9.17) is 18.8 Å². The molecule has 0 N–H and O–H groups in total. The summed E-state index contributed by atoms with van der Waals surface area (Å²) >= 11 is 0. The molecule has 1 aromatic rings. The van der Waals surface area contributed by atoms with Gasteiger partial charge in [0.15, 0.2) is 0 Å². The SMILES string of the molecule is CCOC(=O)C[C@@H](B1OC(C)(C)C(C)(C)O1)N(C)C(=O)c1ccc(OC)cc1. The van der Waals surface area contributed by atoms with Crippen LogP contribution in [0, 0.1) is 0 Å². The van der Waals surface area contributed by atoms with Crippen LogP contribution in [0.5, 0.6) is 5.75 Å². The number of hydrogen-bond donors (Lipinski definition) is 0. The number of nitrogens with zero attached hydrogens (tertiary/aromatic N) is 1. The second kappa shape index (κ2) is 8.53. The van der Waals surface area contributed by atoms with Crippen molar-refractivity contribution in [3.05, 3.63) is 29.8 Å². The Bertz CT molecular complexity index is 687. The highest BCUT2D eigenvalue weighted by Crippen LogP contribution is 2.38. The number of methoxy groups -OCH3 is 1. The average molecular weight is 391 g/mol. The molecule has 0 bridgehead atoms. The normalized spacial score (nSPS) is 18.5. The van der Waals surface area contributed by atoms with Crippen molar-refractivity contribution in [2.75, 3.05) is 20.8 Å². The lowest BCUT2D eigenvalue weighted by Crippen LogP contribution is -2.50. The van der Waals surface area contributed by atoms with Gasteiger partial charge >= 0.3 is 13.1 Å². The molecule has 1 heterocycles. The molecule has 1 fully saturated rings. The van der Waals surface area contributed by atoms with Gasteiger partial charge in [-0.1, -0.05) is 0 Å². The number of amides is 1. The van der Waals surface area contributed by atoms with Crippen molar-refractivity contribution in [3.63, 3.8) is 0 Å². The topological polar surface area (TPSA) is 74.3 Å². The largest absolute Gasteiger partial charge is 0.497 e. The minimum absolute atomic E-state index is 0.0247. The van der Waals surface area contributed by atoms with E-state index in [9.17, 15) is 9.59 Å². The summed E-state index contributed by atoms with van der Waals surface area (Å²) in [5.74, 6) is -0.619. The number of benzene rings is 1. The van der Waals surface area contributed by atoms with Gasteiger partial charge in [-0.25, -0.2) is 0 Å². The Labute approximate surface area is 167 Å². The van der Waals surface area contributed by atoms with E-state index >= 15 is 0 Å². The first kappa shape index (κ1) is 22.2. The molecule has 0 aromatic heterocycles. The summed E-state index contributed by atoms with van der Waals surface area (Å²) in [6, 6.07) is 6.80. The van der Waals surface area contributed by atoms with Crippen LogP contribution in [0.1, 0.15) is 51.4 Å². The van der Waals surface area contributed by atoms with Crippen molar-refractivity contribution >= 4 is 19.0 Å². The molecule has 154 valence electrons. The first-order chi connectivity index (χ1) is 13.0. The number of esters is 1. The lowest BCUT2D eigenvalue weighted by molar-refractivity contribution is -0.143. The van der Waals surface area contributed by atoms with E-state index < -0.39 is 30.2 Å². The van der Waals surface area contributed by atoms with Gasteiger partial charge in [-0.2, -0.15) is 0 Å². The molecule has 1 aromatic carbocycles. The van der Waals surface area contributed by atoms with Crippen molar-refractivity contribution in [2.45, 2.75) is 58.2 Å². The van der Waals surface area contributed by atoms with Crippen LogP contribution >= 0.6 is 0 Å². The highest BCUT2D eigenvalue weighted by atomic mass is 16.7. The molecule has 1 amide bonds. The van der Waals surface area contributed by atoms with Crippen molar-refractivity contribution in [3.8, 4) is 5.75 Å². The zero-order valence-electron chi connectivity index (χ0n) is 17.8. The molecule has 8 heteroatoms. The van der Waals surface area contributed by atoms with Crippen molar-refractivity contribution in [1.82, 2.24) is 4.90 Å². The third kappa shape index (κ3) is 4.67. The van der Waals surface area contributed by atoms with Crippen molar-refractivity contribution in [1.29, 1.82) is 0 Å². The van der Waals surface area contributed by atoms with Crippen molar-refractivity contribution < 1.29 is 28.4 Å². The maximum Gasteiger partial charge on any atom is 0.482 e.